The zero-order chi connectivity index (χ0) is 18.6. The molecule has 2 rings (SSSR count). The fourth-order valence-corrected chi connectivity index (χ4v) is 2.10. The predicted octanol–water partition coefficient (Wildman–Crippen LogP) is 1.83. The number of nitrogens with one attached hydrogen (secondary N) is 1. The van der Waals surface area contributed by atoms with Gasteiger partial charge in [-0.2, -0.15) is 0 Å². The molecule has 9 nitrogen and oxygen atoms in total. The molecule has 0 bridgehead atoms. The van der Waals surface area contributed by atoms with E-state index in [1.165, 1.54) is 6.07 Å². The summed E-state index contributed by atoms with van der Waals surface area (Å²) in [5.41, 5.74) is -1.20. The van der Waals surface area contributed by atoms with Crippen molar-refractivity contribution in [2.45, 2.75) is 32.7 Å². The molecule has 0 saturated carbocycles. The number of hydrogen-bond acceptors (Lipinski definition) is 7. The van der Waals surface area contributed by atoms with Crippen LogP contribution < -0.4 is 14.8 Å². The number of nitrogens with zero attached hydrogens (tertiary/aromatic N) is 1. The second kappa shape index (κ2) is 7.37. The molecule has 0 spiro atoms. The lowest BCUT2D eigenvalue weighted by Crippen LogP contribution is -2.44. The Labute approximate surface area is 144 Å². The van der Waals surface area contributed by atoms with E-state index in [4.69, 9.17) is 14.2 Å². The van der Waals surface area contributed by atoms with Crippen LogP contribution in [0.3, 0.4) is 0 Å². The van der Waals surface area contributed by atoms with Gasteiger partial charge in [-0.15, -0.1) is 0 Å². The molecular formula is C16H20N2O7. The van der Waals surface area contributed by atoms with Gasteiger partial charge in [0.2, 0.25) is 0 Å². The zero-order valence-corrected chi connectivity index (χ0v) is 14.3. The maximum atomic E-state index is 12.2. The Morgan fingerprint density at radius 3 is 2.44 bits per heavy atom. The molecule has 1 N–H and O–H groups in total. The maximum absolute atomic E-state index is 12.2. The van der Waals surface area contributed by atoms with Crippen LogP contribution in [0.4, 0.5) is 5.69 Å². The molecule has 1 aromatic carbocycles. The zero-order valence-electron chi connectivity index (χ0n) is 14.3. The molecule has 0 fully saturated rings. The molecule has 0 unspecified atom stereocenters. The molecule has 1 aromatic rings. The van der Waals surface area contributed by atoms with Crippen molar-refractivity contribution < 1.29 is 28.7 Å². The second-order valence-corrected chi connectivity index (χ2v) is 6.13. The first-order valence-corrected chi connectivity index (χ1v) is 7.79. The monoisotopic (exact) mass is 352 g/mol. The van der Waals surface area contributed by atoms with Gasteiger partial charge in [-0.25, -0.2) is 4.79 Å². The van der Waals surface area contributed by atoms with Gasteiger partial charge in [-0.05, 0) is 20.3 Å². The number of nitro groups is 1. The molecule has 0 aliphatic carbocycles. The Bertz CT molecular complexity index is 700. The summed E-state index contributed by atoms with van der Waals surface area (Å²) in [6.45, 7) is 5.57. The van der Waals surface area contributed by atoms with Gasteiger partial charge in [0, 0.05) is 11.6 Å². The Hall–Kier alpha value is -2.84. The highest BCUT2D eigenvalue weighted by Gasteiger charge is 2.28. The van der Waals surface area contributed by atoms with Gasteiger partial charge in [0.15, 0.2) is 18.1 Å². The summed E-state index contributed by atoms with van der Waals surface area (Å²) in [6, 6.07) is 2.31. The van der Waals surface area contributed by atoms with Gasteiger partial charge in [-0.1, -0.05) is 6.92 Å². The second-order valence-electron chi connectivity index (χ2n) is 6.13. The third-order valence-electron chi connectivity index (χ3n) is 3.77. The van der Waals surface area contributed by atoms with E-state index < -0.39 is 34.6 Å². The van der Waals surface area contributed by atoms with Crippen molar-refractivity contribution in [2.75, 3.05) is 19.8 Å². The third kappa shape index (κ3) is 4.59. The number of carbonyl (C=O) groups excluding carboxylic acids is 2. The quantitative estimate of drug-likeness (QED) is 0.471. The molecular weight excluding hydrogens is 332 g/mol. The van der Waals surface area contributed by atoms with Crippen molar-refractivity contribution in [3.8, 4) is 11.5 Å². The molecule has 1 heterocycles. The van der Waals surface area contributed by atoms with Gasteiger partial charge in [0.25, 0.3) is 11.6 Å². The van der Waals surface area contributed by atoms with Crippen LogP contribution in [0, 0.1) is 10.1 Å². The van der Waals surface area contributed by atoms with Crippen molar-refractivity contribution in [1.82, 2.24) is 5.32 Å². The largest absolute Gasteiger partial charge is 0.486 e. The van der Waals surface area contributed by atoms with E-state index in [1.54, 1.807) is 0 Å². The van der Waals surface area contributed by atoms with E-state index in [-0.39, 0.29) is 30.3 Å². The minimum atomic E-state index is -0.979. The first-order valence-electron chi connectivity index (χ1n) is 7.79. The SMILES string of the molecule is CCC(C)(C)NC(=O)COC(=O)c1cc2c(cc1[N+](=O)[O-])OCCO2. The average molecular weight is 352 g/mol. The molecule has 0 aromatic heterocycles. The van der Waals surface area contributed by atoms with Crippen LogP contribution in [-0.4, -0.2) is 42.2 Å². The van der Waals surface area contributed by atoms with Crippen LogP contribution in [0.25, 0.3) is 0 Å². The summed E-state index contributed by atoms with van der Waals surface area (Å²) in [5.74, 6) is -1.05. The minimum absolute atomic E-state index is 0.192. The van der Waals surface area contributed by atoms with Crippen molar-refractivity contribution in [3.05, 3.63) is 27.8 Å². The lowest BCUT2D eigenvalue weighted by Gasteiger charge is -2.24. The average Bonchev–Trinajstić information content (AvgIpc) is 2.58. The van der Waals surface area contributed by atoms with Gasteiger partial charge >= 0.3 is 5.97 Å². The number of ether oxygens (including phenoxy) is 3. The molecule has 9 heteroatoms. The number of fused-ring (bicyclic) bond motifs is 1. The minimum Gasteiger partial charge on any atom is -0.486 e. The Morgan fingerprint density at radius 1 is 1.28 bits per heavy atom. The maximum Gasteiger partial charge on any atom is 0.345 e. The molecule has 1 aliphatic heterocycles. The van der Waals surface area contributed by atoms with Crippen LogP contribution in [0.15, 0.2) is 12.1 Å². The molecule has 1 amide bonds. The Morgan fingerprint density at radius 2 is 1.88 bits per heavy atom. The first kappa shape index (κ1) is 18.5. The lowest BCUT2D eigenvalue weighted by atomic mass is 10.0. The van der Waals surface area contributed by atoms with Crippen LogP contribution in [0.5, 0.6) is 11.5 Å². The number of benzene rings is 1. The van der Waals surface area contributed by atoms with Crippen LogP contribution in [0.2, 0.25) is 0 Å². The molecule has 0 radical (unpaired) electrons. The van der Waals surface area contributed by atoms with Crippen molar-refractivity contribution in [1.29, 1.82) is 0 Å². The van der Waals surface area contributed by atoms with Crippen LogP contribution >= 0.6 is 0 Å². The van der Waals surface area contributed by atoms with E-state index in [2.05, 4.69) is 5.32 Å². The number of rotatable bonds is 6. The van der Waals surface area contributed by atoms with E-state index >= 15 is 0 Å². The summed E-state index contributed by atoms with van der Waals surface area (Å²) in [7, 11) is 0. The molecule has 1 aliphatic rings. The number of hydrogen-bond donors (Lipinski definition) is 1. The van der Waals surface area contributed by atoms with E-state index in [0.717, 1.165) is 6.07 Å². The Balaban J connectivity index is 2.13. The smallest absolute Gasteiger partial charge is 0.345 e. The highest BCUT2D eigenvalue weighted by atomic mass is 16.6. The van der Waals surface area contributed by atoms with Crippen LogP contribution in [-0.2, 0) is 9.53 Å². The molecule has 0 saturated heterocycles. The summed E-state index contributed by atoms with van der Waals surface area (Å²) >= 11 is 0. The predicted molar refractivity (Wildman–Crippen MR) is 86.9 cm³/mol. The third-order valence-corrected chi connectivity index (χ3v) is 3.77. The molecule has 0 atom stereocenters. The van der Waals surface area contributed by atoms with Crippen LogP contribution in [0.1, 0.15) is 37.6 Å². The van der Waals surface area contributed by atoms with E-state index in [0.29, 0.717) is 6.42 Å². The van der Waals surface area contributed by atoms with Gasteiger partial charge < -0.3 is 19.5 Å². The highest BCUT2D eigenvalue weighted by molar-refractivity contribution is 5.96. The highest BCUT2D eigenvalue weighted by Crippen LogP contribution is 2.36. The van der Waals surface area contributed by atoms with Gasteiger partial charge in [0.1, 0.15) is 18.8 Å². The molecule has 25 heavy (non-hydrogen) atoms. The van der Waals surface area contributed by atoms with Crippen molar-refractivity contribution in [3.63, 3.8) is 0 Å². The number of nitro benzene ring substituents is 1. The standard InChI is InChI=1S/C16H20N2O7/c1-4-16(2,3)17-14(19)9-25-15(20)10-7-12-13(24-6-5-23-12)8-11(10)18(21)22/h7-8H,4-6,9H2,1-3H3,(H,17,19). The normalized spacial score (nSPS) is 13.1. The lowest BCUT2D eigenvalue weighted by molar-refractivity contribution is -0.385. The molecule has 136 valence electrons. The number of esters is 1. The first-order chi connectivity index (χ1) is 11.7. The fraction of sp³-hybridized carbons (Fsp3) is 0.500. The van der Waals surface area contributed by atoms with Crippen molar-refractivity contribution in [2.24, 2.45) is 0 Å². The number of amides is 1. The number of carbonyl (C=O) groups is 2. The van der Waals surface area contributed by atoms with Gasteiger partial charge in [-0.3, -0.25) is 14.9 Å². The summed E-state index contributed by atoms with van der Waals surface area (Å²) in [6.07, 6.45) is 0.695. The fourth-order valence-electron chi connectivity index (χ4n) is 2.10. The Kier molecular flexibility index (Phi) is 5.45. The summed E-state index contributed by atoms with van der Waals surface area (Å²) < 4.78 is 15.5. The van der Waals surface area contributed by atoms with Gasteiger partial charge in [0.05, 0.1) is 11.0 Å². The van der Waals surface area contributed by atoms with E-state index in [1.807, 2.05) is 20.8 Å². The summed E-state index contributed by atoms with van der Waals surface area (Å²) in [5, 5.41) is 13.9. The van der Waals surface area contributed by atoms with Crippen molar-refractivity contribution >= 4 is 17.6 Å². The summed E-state index contributed by atoms with van der Waals surface area (Å²) in [4.78, 5) is 34.5. The van der Waals surface area contributed by atoms with E-state index in [9.17, 15) is 19.7 Å². The topological polar surface area (TPSA) is 117 Å².